The van der Waals surface area contributed by atoms with Crippen molar-refractivity contribution in [2.75, 3.05) is 6.26 Å². The molecule has 1 unspecified atom stereocenters. The smallest absolute Gasteiger partial charge is 0.385 e. The van der Waals surface area contributed by atoms with Crippen molar-refractivity contribution in [1.82, 2.24) is 0 Å². The van der Waals surface area contributed by atoms with Crippen molar-refractivity contribution in [3.05, 3.63) is 35.9 Å². The SMILES string of the molecule is CCC(OC(=S)SC)(c1ccccc1)C(F)(F)C(=O)O. The zero-order valence-corrected chi connectivity index (χ0v) is 12.6. The number of hydrogen-bond donors (Lipinski definition) is 1. The first-order chi connectivity index (χ1) is 9.31. The number of aliphatic carboxylic acids is 1. The van der Waals surface area contributed by atoms with Gasteiger partial charge in [-0.25, -0.2) is 4.79 Å². The van der Waals surface area contributed by atoms with E-state index >= 15 is 0 Å². The van der Waals surface area contributed by atoms with Crippen molar-refractivity contribution < 1.29 is 23.4 Å². The molecule has 1 rings (SSSR count). The van der Waals surface area contributed by atoms with Crippen LogP contribution in [0.25, 0.3) is 0 Å². The summed E-state index contributed by atoms with van der Waals surface area (Å²) in [6, 6.07) is 7.55. The van der Waals surface area contributed by atoms with E-state index in [1.54, 1.807) is 24.5 Å². The minimum Gasteiger partial charge on any atom is -0.477 e. The fourth-order valence-electron chi connectivity index (χ4n) is 1.87. The standard InChI is InChI=1S/C13H14F2O3S2/c1-3-12(18-11(19)20-2,13(14,15)10(16)17)9-7-5-4-6-8-9/h4-8H,3H2,1-2H3,(H,16,17). The Morgan fingerprint density at radius 3 is 2.35 bits per heavy atom. The molecule has 0 spiro atoms. The molecule has 1 aromatic rings. The molecule has 0 aliphatic heterocycles. The van der Waals surface area contributed by atoms with Gasteiger partial charge in [-0.2, -0.15) is 8.78 Å². The van der Waals surface area contributed by atoms with Crippen molar-refractivity contribution in [2.24, 2.45) is 0 Å². The zero-order chi connectivity index (χ0) is 15.4. The number of carboxylic acids is 1. The summed E-state index contributed by atoms with van der Waals surface area (Å²) in [5.41, 5.74) is -2.24. The van der Waals surface area contributed by atoms with E-state index in [-0.39, 0.29) is 16.4 Å². The van der Waals surface area contributed by atoms with E-state index in [0.717, 1.165) is 11.8 Å². The maximum absolute atomic E-state index is 14.3. The molecule has 0 radical (unpaired) electrons. The number of ether oxygens (including phenoxy) is 1. The second-order valence-corrected chi connectivity index (χ2v) is 5.39. The van der Waals surface area contributed by atoms with Crippen LogP contribution < -0.4 is 0 Å². The Morgan fingerprint density at radius 2 is 1.95 bits per heavy atom. The largest absolute Gasteiger partial charge is 0.477 e. The molecule has 0 amide bonds. The van der Waals surface area contributed by atoms with Gasteiger partial charge in [-0.15, -0.1) is 0 Å². The lowest BCUT2D eigenvalue weighted by Crippen LogP contribution is -2.52. The van der Waals surface area contributed by atoms with E-state index < -0.39 is 17.5 Å². The number of halogens is 2. The summed E-state index contributed by atoms with van der Waals surface area (Å²) >= 11 is 5.81. The maximum Gasteiger partial charge on any atom is 0.385 e. The Hall–Kier alpha value is -1.21. The van der Waals surface area contributed by atoms with Crippen LogP contribution in [0.5, 0.6) is 0 Å². The van der Waals surface area contributed by atoms with Gasteiger partial charge in [0.15, 0.2) is 0 Å². The minimum absolute atomic E-state index is 0.0753. The van der Waals surface area contributed by atoms with Gasteiger partial charge in [0.2, 0.25) is 9.98 Å². The maximum atomic E-state index is 14.3. The highest BCUT2D eigenvalue weighted by molar-refractivity contribution is 8.22. The number of carbonyl (C=O) groups is 1. The van der Waals surface area contributed by atoms with E-state index in [9.17, 15) is 13.6 Å². The molecule has 0 heterocycles. The fraction of sp³-hybridized carbons (Fsp3) is 0.385. The third kappa shape index (κ3) is 2.93. The number of benzene rings is 1. The number of rotatable bonds is 5. The van der Waals surface area contributed by atoms with Gasteiger partial charge < -0.3 is 9.84 Å². The van der Waals surface area contributed by atoms with Crippen LogP contribution in [0.15, 0.2) is 30.3 Å². The van der Waals surface area contributed by atoms with E-state index in [2.05, 4.69) is 0 Å². The zero-order valence-electron chi connectivity index (χ0n) is 10.9. The van der Waals surface area contributed by atoms with Gasteiger partial charge in [-0.05, 0) is 24.9 Å². The van der Waals surface area contributed by atoms with Gasteiger partial charge in [0, 0.05) is 5.56 Å². The van der Waals surface area contributed by atoms with Gasteiger partial charge in [0.25, 0.3) is 0 Å². The lowest BCUT2D eigenvalue weighted by molar-refractivity contribution is -0.207. The second-order valence-electron chi connectivity index (χ2n) is 3.98. The number of thiocarbonyl (C=S) groups is 1. The molecule has 0 saturated carbocycles. The van der Waals surface area contributed by atoms with Gasteiger partial charge in [0.05, 0.1) is 0 Å². The summed E-state index contributed by atoms with van der Waals surface area (Å²) < 4.78 is 33.6. The molecule has 0 aromatic heterocycles. The van der Waals surface area contributed by atoms with Gasteiger partial charge >= 0.3 is 11.9 Å². The van der Waals surface area contributed by atoms with Crippen LogP contribution in [0.3, 0.4) is 0 Å². The van der Waals surface area contributed by atoms with Crippen LogP contribution in [-0.4, -0.2) is 27.6 Å². The lowest BCUT2D eigenvalue weighted by atomic mass is 9.84. The average molecular weight is 320 g/mol. The Morgan fingerprint density at radius 1 is 1.40 bits per heavy atom. The number of thioether (sulfide) groups is 1. The average Bonchev–Trinajstić information content (AvgIpc) is 2.44. The summed E-state index contributed by atoms with van der Waals surface area (Å²) in [7, 11) is 0. The predicted molar refractivity (Wildman–Crippen MR) is 78.2 cm³/mol. The lowest BCUT2D eigenvalue weighted by Gasteiger charge is -2.37. The minimum atomic E-state index is -4.11. The molecule has 0 aliphatic rings. The molecule has 0 saturated heterocycles. The molecule has 1 N–H and O–H groups in total. The highest BCUT2D eigenvalue weighted by Crippen LogP contribution is 2.45. The van der Waals surface area contributed by atoms with E-state index in [1.165, 1.54) is 19.1 Å². The van der Waals surface area contributed by atoms with Crippen molar-refractivity contribution in [3.63, 3.8) is 0 Å². The third-order valence-electron chi connectivity index (χ3n) is 2.94. The highest BCUT2D eigenvalue weighted by atomic mass is 32.2. The van der Waals surface area contributed by atoms with Crippen molar-refractivity contribution in [2.45, 2.75) is 24.9 Å². The Kier molecular flexibility index (Phi) is 5.47. The molecular formula is C13H14F2O3S2. The number of carboxylic acid groups (broad SMARTS) is 1. The number of hydrogen-bond acceptors (Lipinski definition) is 4. The predicted octanol–water partition coefficient (Wildman–Crippen LogP) is 3.68. The Bertz CT molecular complexity index is 494. The molecule has 1 atom stereocenters. The van der Waals surface area contributed by atoms with Gasteiger partial charge in [-0.1, -0.05) is 49.0 Å². The van der Waals surface area contributed by atoms with Crippen LogP contribution in [0.1, 0.15) is 18.9 Å². The molecule has 20 heavy (non-hydrogen) atoms. The van der Waals surface area contributed by atoms with E-state index in [1.807, 2.05) is 0 Å². The topological polar surface area (TPSA) is 46.5 Å². The fourth-order valence-corrected chi connectivity index (χ4v) is 2.23. The van der Waals surface area contributed by atoms with Crippen LogP contribution in [0.2, 0.25) is 0 Å². The van der Waals surface area contributed by atoms with Crippen molar-refractivity contribution >= 4 is 34.3 Å². The number of alkyl halides is 2. The molecule has 3 nitrogen and oxygen atoms in total. The summed E-state index contributed by atoms with van der Waals surface area (Å²) in [6.07, 6.45) is 1.34. The van der Waals surface area contributed by atoms with E-state index in [0.29, 0.717) is 0 Å². The van der Waals surface area contributed by atoms with Crippen LogP contribution in [0, 0.1) is 0 Å². The van der Waals surface area contributed by atoms with Crippen molar-refractivity contribution in [3.8, 4) is 0 Å². The van der Waals surface area contributed by atoms with Crippen molar-refractivity contribution in [1.29, 1.82) is 0 Å². The molecule has 110 valence electrons. The summed E-state index contributed by atoms with van der Waals surface area (Å²) in [5.74, 6) is -6.35. The molecule has 0 bridgehead atoms. The molecule has 7 heteroatoms. The summed E-state index contributed by atoms with van der Waals surface area (Å²) in [4.78, 5) is 11.0. The van der Waals surface area contributed by atoms with Crippen LogP contribution in [0.4, 0.5) is 8.78 Å². The molecule has 0 aliphatic carbocycles. The molecule has 1 aromatic carbocycles. The Balaban J connectivity index is 3.45. The monoisotopic (exact) mass is 320 g/mol. The second kappa shape index (κ2) is 6.49. The summed E-state index contributed by atoms with van der Waals surface area (Å²) in [5, 5.41) is 8.87. The normalized spacial score (nSPS) is 14.4. The third-order valence-corrected chi connectivity index (χ3v) is 3.94. The van der Waals surface area contributed by atoms with E-state index in [4.69, 9.17) is 22.1 Å². The van der Waals surface area contributed by atoms with Crippen LogP contribution in [-0.2, 0) is 15.1 Å². The first kappa shape index (κ1) is 16.8. The Labute approximate surface area is 125 Å². The first-order valence-electron chi connectivity index (χ1n) is 5.75. The summed E-state index contributed by atoms with van der Waals surface area (Å²) in [6.45, 7) is 1.44. The highest BCUT2D eigenvalue weighted by Gasteiger charge is 2.62. The molecular weight excluding hydrogens is 306 g/mol. The quantitative estimate of drug-likeness (QED) is 0.839. The van der Waals surface area contributed by atoms with Crippen LogP contribution >= 0.6 is 24.0 Å². The first-order valence-corrected chi connectivity index (χ1v) is 7.38. The molecule has 0 fully saturated rings. The van der Waals surface area contributed by atoms with Gasteiger partial charge in [-0.3, -0.25) is 0 Å². The van der Waals surface area contributed by atoms with Gasteiger partial charge in [0.1, 0.15) is 0 Å².